The zero-order chi connectivity index (χ0) is 15.7. The molecule has 1 aromatic rings. The van der Waals surface area contributed by atoms with E-state index in [1.54, 1.807) is 7.11 Å². The molecule has 0 bridgehead atoms. The van der Waals surface area contributed by atoms with Crippen LogP contribution in [0.25, 0.3) is 0 Å². The van der Waals surface area contributed by atoms with Crippen LogP contribution in [0.15, 0.2) is 6.07 Å². The number of carbonyl (C=O) groups is 1. The van der Waals surface area contributed by atoms with Crippen molar-refractivity contribution in [1.29, 1.82) is 0 Å². The van der Waals surface area contributed by atoms with Gasteiger partial charge in [-0.3, -0.25) is 4.79 Å². The Morgan fingerprint density at radius 1 is 1.50 bits per heavy atom. The fourth-order valence-corrected chi connectivity index (χ4v) is 3.45. The average Bonchev–Trinajstić information content (AvgIpc) is 2.91. The van der Waals surface area contributed by atoms with Crippen LogP contribution < -0.4 is 15.4 Å². The number of rotatable bonds is 4. The lowest BCUT2D eigenvalue weighted by molar-refractivity contribution is -0.119. The molecule has 120 valence electrons. The van der Waals surface area contributed by atoms with Crippen molar-refractivity contribution in [3.8, 4) is 5.88 Å². The molecule has 1 saturated heterocycles. The molecule has 0 spiro atoms. The Morgan fingerprint density at radius 2 is 2.32 bits per heavy atom. The summed E-state index contributed by atoms with van der Waals surface area (Å²) in [5.74, 6) is 0.539. The number of aliphatic hydroxyl groups is 1. The van der Waals surface area contributed by atoms with Gasteiger partial charge in [0, 0.05) is 24.6 Å². The van der Waals surface area contributed by atoms with Gasteiger partial charge in [-0.05, 0) is 30.9 Å². The van der Waals surface area contributed by atoms with Crippen molar-refractivity contribution in [2.45, 2.75) is 43.9 Å². The number of aromatic nitrogens is 1. The van der Waals surface area contributed by atoms with Crippen LogP contribution >= 0.6 is 11.6 Å². The van der Waals surface area contributed by atoms with Crippen molar-refractivity contribution < 1.29 is 14.6 Å². The third-order valence-corrected chi connectivity index (χ3v) is 4.54. The Morgan fingerprint density at radius 3 is 3.00 bits per heavy atom. The van der Waals surface area contributed by atoms with E-state index in [1.807, 2.05) is 6.07 Å². The van der Waals surface area contributed by atoms with Crippen molar-refractivity contribution in [3.05, 3.63) is 22.3 Å². The zero-order valence-electron chi connectivity index (χ0n) is 12.4. The zero-order valence-corrected chi connectivity index (χ0v) is 13.2. The lowest BCUT2D eigenvalue weighted by atomic mass is 9.86. The van der Waals surface area contributed by atoms with Crippen molar-refractivity contribution in [3.63, 3.8) is 0 Å². The first-order chi connectivity index (χ1) is 10.6. The molecule has 2 heterocycles. The fourth-order valence-electron chi connectivity index (χ4n) is 3.24. The Hall–Kier alpha value is -1.37. The van der Waals surface area contributed by atoms with E-state index in [1.165, 1.54) is 0 Å². The van der Waals surface area contributed by atoms with Crippen molar-refractivity contribution in [1.82, 2.24) is 15.6 Å². The molecular formula is C15H20ClN3O3. The van der Waals surface area contributed by atoms with E-state index in [-0.39, 0.29) is 18.0 Å². The predicted molar refractivity (Wildman–Crippen MR) is 82.0 cm³/mol. The molecule has 6 nitrogen and oxygen atoms in total. The molecule has 1 aromatic heterocycles. The molecule has 0 saturated carbocycles. The van der Waals surface area contributed by atoms with E-state index in [4.69, 9.17) is 16.3 Å². The van der Waals surface area contributed by atoms with Gasteiger partial charge in [-0.2, -0.15) is 0 Å². The van der Waals surface area contributed by atoms with Gasteiger partial charge in [-0.15, -0.1) is 0 Å². The first kappa shape index (κ1) is 15.5. The minimum absolute atomic E-state index is 0.0856. The quantitative estimate of drug-likeness (QED) is 0.718. The van der Waals surface area contributed by atoms with Crippen LogP contribution in [0.5, 0.6) is 5.88 Å². The van der Waals surface area contributed by atoms with Crippen LogP contribution in [-0.2, 0) is 11.2 Å². The molecule has 1 aliphatic carbocycles. The molecule has 1 fully saturated rings. The highest BCUT2D eigenvalue weighted by Gasteiger charge is 2.33. The van der Waals surface area contributed by atoms with Crippen LogP contribution in [0.4, 0.5) is 0 Å². The Bertz CT molecular complexity index is 564. The molecule has 3 atom stereocenters. The molecular weight excluding hydrogens is 306 g/mol. The van der Waals surface area contributed by atoms with Crippen LogP contribution in [0.1, 0.15) is 36.4 Å². The summed E-state index contributed by atoms with van der Waals surface area (Å²) in [5, 5.41) is 17.0. The van der Waals surface area contributed by atoms with Gasteiger partial charge in [0.05, 0.1) is 19.3 Å². The monoisotopic (exact) mass is 325 g/mol. The van der Waals surface area contributed by atoms with E-state index in [0.717, 1.165) is 24.0 Å². The number of nitrogens with one attached hydrogen (secondary N) is 2. The molecule has 3 N–H and O–H groups in total. The number of ether oxygens (including phenoxy) is 1. The van der Waals surface area contributed by atoms with Gasteiger partial charge in [0.25, 0.3) is 0 Å². The van der Waals surface area contributed by atoms with Gasteiger partial charge in [0.2, 0.25) is 11.8 Å². The molecule has 0 aromatic carbocycles. The van der Waals surface area contributed by atoms with Gasteiger partial charge >= 0.3 is 0 Å². The molecule has 1 amide bonds. The van der Waals surface area contributed by atoms with Gasteiger partial charge in [0.15, 0.2) is 0 Å². The molecule has 2 aliphatic rings. The van der Waals surface area contributed by atoms with Gasteiger partial charge < -0.3 is 20.5 Å². The lowest BCUT2D eigenvalue weighted by Gasteiger charge is -2.32. The topological polar surface area (TPSA) is 83.5 Å². The van der Waals surface area contributed by atoms with E-state index in [0.29, 0.717) is 30.4 Å². The van der Waals surface area contributed by atoms with Crippen molar-refractivity contribution in [2.24, 2.45) is 0 Å². The van der Waals surface area contributed by atoms with Crippen molar-refractivity contribution >= 4 is 17.5 Å². The predicted octanol–water partition coefficient (Wildman–Crippen LogP) is 0.960. The van der Waals surface area contributed by atoms with Gasteiger partial charge in [-0.1, -0.05) is 11.6 Å². The molecule has 2 unspecified atom stereocenters. The highest BCUT2D eigenvalue weighted by Crippen LogP contribution is 2.37. The van der Waals surface area contributed by atoms with Crippen molar-refractivity contribution in [2.75, 3.05) is 13.7 Å². The summed E-state index contributed by atoms with van der Waals surface area (Å²) in [6, 6.07) is 1.68. The van der Waals surface area contributed by atoms with Crippen LogP contribution in [-0.4, -0.2) is 41.8 Å². The fraction of sp³-hybridized carbons (Fsp3) is 0.600. The second kappa shape index (κ2) is 6.40. The number of nitrogens with zero attached hydrogens (tertiary/aromatic N) is 1. The number of aryl methyl sites for hydroxylation is 1. The third-order valence-electron chi connectivity index (χ3n) is 4.35. The first-order valence-corrected chi connectivity index (χ1v) is 7.90. The highest BCUT2D eigenvalue weighted by atomic mass is 35.5. The second-order valence-electron chi connectivity index (χ2n) is 5.82. The number of pyridine rings is 1. The molecule has 22 heavy (non-hydrogen) atoms. The molecule has 3 rings (SSSR count). The summed E-state index contributed by atoms with van der Waals surface area (Å²) in [6.07, 6.45) is 2.27. The van der Waals surface area contributed by atoms with E-state index < -0.39 is 6.10 Å². The summed E-state index contributed by atoms with van der Waals surface area (Å²) < 4.78 is 5.34. The van der Waals surface area contributed by atoms with E-state index >= 15 is 0 Å². The number of carbonyl (C=O) groups excluding carboxylic acids is 1. The van der Waals surface area contributed by atoms with Crippen LogP contribution in [0.3, 0.4) is 0 Å². The van der Waals surface area contributed by atoms with Gasteiger partial charge in [-0.25, -0.2) is 4.98 Å². The number of aliphatic hydroxyl groups excluding tert-OH is 1. The highest BCUT2D eigenvalue weighted by molar-refractivity contribution is 6.29. The lowest BCUT2D eigenvalue weighted by Crippen LogP contribution is -2.42. The third kappa shape index (κ3) is 3.04. The maximum Gasteiger partial charge on any atom is 0.220 e. The standard InChI is InChI=1S/C15H20ClN3O3/c1-22-15-13-8(6-11(16)19-15)2-4-10(20)14(13)17-7-9-3-5-12(21)18-9/h6,9-10,14,17,20H,2-5,7H2,1H3,(H,18,21)/t9-,10?,14?/m0/s1. The molecule has 1 aliphatic heterocycles. The maximum absolute atomic E-state index is 11.3. The summed E-state index contributed by atoms with van der Waals surface area (Å²) in [4.78, 5) is 15.5. The SMILES string of the molecule is COc1nc(Cl)cc2c1C(NC[C@@H]1CCC(=O)N1)C(O)CC2. The smallest absolute Gasteiger partial charge is 0.220 e. The van der Waals surface area contributed by atoms with Crippen LogP contribution in [0, 0.1) is 0 Å². The number of halogens is 1. The minimum atomic E-state index is -0.513. The largest absolute Gasteiger partial charge is 0.481 e. The number of fused-ring (bicyclic) bond motifs is 1. The summed E-state index contributed by atoms with van der Waals surface area (Å²) >= 11 is 6.02. The Kier molecular flexibility index (Phi) is 4.52. The number of hydrogen-bond donors (Lipinski definition) is 3. The van der Waals surface area contributed by atoms with E-state index in [2.05, 4.69) is 15.6 Å². The minimum Gasteiger partial charge on any atom is -0.481 e. The number of hydrogen-bond acceptors (Lipinski definition) is 5. The maximum atomic E-state index is 11.3. The summed E-state index contributed by atoms with van der Waals surface area (Å²) in [5.41, 5.74) is 1.92. The average molecular weight is 326 g/mol. The Labute approximate surface area is 134 Å². The molecule has 7 heteroatoms. The normalized spacial score (nSPS) is 27.4. The Balaban J connectivity index is 1.81. The summed E-state index contributed by atoms with van der Waals surface area (Å²) in [7, 11) is 1.55. The summed E-state index contributed by atoms with van der Waals surface area (Å²) in [6.45, 7) is 0.610. The van der Waals surface area contributed by atoms with Gasteiger partial charge in [0.1, 0.15) is 5.15 Å². The molecule has 0 radical (unpaired) electrons. The second-order valence-corrected chi connectivity index (χ2v) is 6.21. The number of methoxy groups -OCH3 is 1. The number of amides is 1. The van der Waals surface area contributed by atoms with Crippen LogP contribution in [0.2, 0.25) is 5.15 Å². The first-order valence-electron chi connectivity index (χ1n) is 7.52. The van der Waals surface area contributed by atoms with E-state index in [9.17, 15) is 9.90 Å².